The third-order valence-electron chi connectivity index (χ3n) is 2.45. The number of carbonyl (C=O) groups is 1. The Bertz CT molecular complexity index is 570. The lowest BCUT2D eigenvalue weighted by atomic mass is 10.3. The Morgan fingerprint density at radius 3 is 2.74 bits per heavy atom. The van der Waals surface area contributed by atoms with E-state index in [0.29, 0.717) is 11.6 Å². The molecule has 0 spiro atoms. The molecule has 0 saturated carbocycles. The predicted octanol–water partition coefficient (Wildman–Crippen LogP) is 2.55. The van der Waals surface area contributed by atoms with E-state index >= 15 is 0 Å². The molecule has 2 rings (SSSR count). The van der Waals surface area contributed by atoms with Crippen LogP contribution in [0, 0.1) is 12.7 Å². The third kappa shape index (κ3) is 3.77. The number of ether oxygens (including phenoxy) is 1. The number of aryl methyl sites for hydroxylation is 1. The van der Waals surface area contributed by atoms with Crippen LogP contribution in [0.3, 0.4) is 0 Å². The van der Waals surface area contributed by atoms with Crippen molar-refractivity contribution in [2.45, 2.75) is 6.92 Å². The normalized spacial score (nSPS) is 10.0. The average Bonchev–Trinajstić information content (AvgIpc) is 2.41. The Labute approximate surface area is 110 Å². The summed E-state index contributed by atoms with van der Waals surface area (Å²) in [5.41, 5.74) is 0.873. The van der Waals surface area contributed by atoms with Gasteiger partial charge in [-0.15, -0.1) is 0 Å². The molecule has 1 aromatic heterocycles. The van der Waals surface area contributed by atoms with Crippen LogP contribution in [-0.4, -0.2) is 17.5 Å². The van der Waals surface area contributed by atoms with E-state index in [1.165, 1.54) is 24.3 Å². The lowest BCUT2D eigenvalue weighted by Gasteiger charge is -2.08. The highest BCUT2D eigenvalue weighted by molar-refractivity contribution is 5.91. The summed E-state index contributed by atoms with van der Waals surface area (Å²) in [6.45, 7) is 1.70. The number of halogens is 1. The molecule has 1 heterocycles. The Morgan fingerprint density at radius 1 is 1.32 bits per heavy atom. The van der Waals surface area contributed by atoms with E-state index in [0.717, 1.165) is 5.56 Å². The van der Waals surface area contributed by atoms with Crippen LogP contribution in [0.2, 0.25) is 0 Å². The summed E-state index contributed by atoms with van der Waals surface area (Å²) >= 11 is 0. The number of aromatic nitrogens is 1. The fourth-order valence-electron chi connectivity index (χ4n) is 1.46. The Hall–Kier alpha value is -2.43. The van der Waals surface area contributed by atoms with Crippen molar-refractivity contribution in [1.82, 2.24) is 4.98 Å². The summed E-state index contributed by atoms with van der Waals surface area (Å²) in [6, 6.07) is 9.12. The molecule has 1 N–H and O–H groups in total. The van der Waals surface area contributed by atoms with Crippen LogP contribution in [-0.2, 0) is 4.79 Å². The minimum atomic E-state index is -0.346. The second-order valence-electron chi connectivity index (χ2n) is 3.96. The van der Waals surface area contributed by atoms with Crippen LogP contribution < -0.4 is 10.1 Å². The quantitative estimate of drug-likeness (QED) is 0.919. The van der Waals surface area contributed by atoms with Gasteiger partial charge in [-0.1, -0.05) is 6.07 Å². The fraction of sp³-hybridized carbons (Fsp3) is 0.143. The van der Waals surface area contributed by atoms with E-state index in [4.69, 9.17) is 4.74 Å². The second kappa shape index (κ2) is 5.95. The lowest BCUT2D eigenvalue weighted by molar-refractivity contribution is -0.118. The zero-order valence-corrected chi connectivity index (χ0v) is 10.4. The van der Waals surface area contributed by atoms with Crippen molar-refractivity contribution in [3.8, 4) is 5.75 Å². The maximum Gasteiger partial charge on any atom is 0.263 e. The number of nitrogens with one attached hydrogen (secondary N) is 1. The van der Waals surface area contributed by atoms with Gasteiger partial charge < -0.3 is 10.1 Å². The number of hydrogen-bond donors (Lipinski definition) is 1. The summed E-state index contributed by atoms with van der Waals surface area (Å²) in [6.07, 6.45) is 1.60. The van der Waals surface area contributed by atoms with Gasteiger partial charge in [0.15, 0.2) is 6.61 Å². The maximum atomic E-state index is 12.7. The zero-order valence-electron chi connectivity index (χ0n) is 10.4. The number of hydrogen-bond acceptors (Lipinski definition) is 3. The summed E-state index contributed by atoms with van der Waals surface area (Å²) < 4.78 is 17.9. The molecular formula is C14H13FN2O2. The van der Waals surface area contributed by atoms with Crippen LogP contribution in [0.25, 0.3) is 0 Å². The summed E-state index contributed by atoms with van der Waals surface area (Å²) in [5, 5.41) is 2.64. The minimum absolute atomic E-state index is 0.151. The van der Waals surface area contributed by atoms with E-state index in [2.05, 4.69) is 10.3 Å². The molecule has 0 fully saturated rings. The molecule has 0 aliphatic rings. The van der Waals surface area contributed by atoms with Crippen LogP contribution >= 0.6 is 0 Å². The van der Waals surface area contributed by atoms with Crippen LogP contribution in [0.15, 0.2) is 42.6 Å². The summed E-state index contributed by atoms with van der Waals surface area (Å²) in [5.74, 6) is 0.288. The lowest BCUT2D eigenvalue weighted by Crippen LogP contribution is -2.21. The highest BCUT2D eigenvalue weighted by atomic mass is 19.1. The van der Waals surface area contributed by atoms with Gasteiger partial charge in [-0.3, -0.25) is 4.79 Å². The smallest absolute Gasteiger partial charge is 0.263 e. The molecule has 0 atom stereocenters. The molecule has 1 aromatic carbocycles. The Kier molecular flexibility index (Phi) is 4.07. The number of amides is 1. The molecule has 19 heavy (non-hydrogen) atoms. The van der Waals surface area contributed by atoms with Crippen molar-refractivity contribution >= 4 is 11.7 Å². The SMILES string of the molecule is Cc1cccnc1NC(=O)COc1ccc(F)cc1. The predicted molar refractivity (Wildman–Crippen MR) is 69.5 cm³/mol. The van der Waals surface area contributed by atoms with Crippen LogP contribution in [0.4, 0.5) is 10.2 Å². The number of carbonyl (C=O) groups excluding carboxylic acids is 1. The van der Waals surface area contributed by atoms with Crippen molar-refractivity contribution in [3.05, 3.63) is 54.0 Å². The average molecular weight is 260 g/mol. The molecule has 4 nitrogen and oxygen atoms in total. The Balaban J connectivity index is 1.88. The number of nitrogens with zero attached hydrogens (tertiary/aromatic N) is 1. The van der Waals surface area contributed by atoms with Gasteiger partial charge in [0.05, 0.1) is 0 Å². The van der Waals surface area contributed by atoms with Gasteiger partial charge in [-0.2, -0.15) is 0 Å². The van der Waals surface area contributed by atoms with Crippen molar-refractivity contribution in [1.29, 1.82) is 0 Å². The van der Waals surface area contributed by atoms with Crippen molar-refractivity contribution in [3.63, 3.8) is 0 Å². The van der Waals surface area contributed by atoms with E-state index in [1.54, 1.807) is 12.3 Å². The number of benzene rings is 1. The molecule has 0 bridgehead atoms. The van der Waals surface area contributed by atoms with Gasteiger partial charge in [0.25, 0.3) is 5.91 Å². The standard InChI is InChI=1S/C14H13FN2O2/c1-10-3-2-8-16-14(10)17-13(18)9-19-12-6-4-11(15)5-7-12/h2-8H,9H2,1H3,(H,16,17,18). The molecule has 0 saturated heterocycles. The van der Waals surface area contributed by atoms with E-state index < -0.39 is 0 Å². The van der Waals surface area contributed by atoms with Gasteiger partial charge >= 0.3 is 0 Å². The third-order valence-corrected chi connectivity index (χ3v) is 2.45. The highest BCUT2D eigenvalue weighted by Gasteiger charge is 2.06. The minimum Gasteiger partial charge on any atom is -0.484 e. The van der Waals surface area contributed by atoms with Gasteiger partial charge in [0.1, 0.15) is 17.4 Å². The fourth-order valence-corrected chi connectivity index (χ4v) is 1.46. The monoisotopic (exact) mass is 260 g/mol. The van der Waals surface area contributed by atoms with Crippen molar-refractivity contribution in [2.24, 2.45) is 0 Å². The first-order valence-corrected chi connectivity index (χ1v) is 5.75. The maximum absolute atomic E-state index is 12.7. The van der Waals surface area contributed by atoms with Crippen LogP contribution in [0.5, 0.6) is 5.75 Å². The van der Waals surface area contributed by atoms with Crippen molar-refractivity contribution < 1.29 is 13.9 Å². The molecule has 1 amide bonds. The highest BCUT2D eigenvalue weighted by Crippen LogP contribution is 2.12. The molecule has 0 aliphatic carbocycles. The molecular weight excluding hydrogens is 247 g/mol. The van der Waals surface area contributed by atoms with Crippen molar-refractivity contribution in [2.75, 3.05) is 11.9 Å². The molecule has 98 valence electrons. The molecule has 2 aromatic rings. The molecule has 0 unspecified atom stereocenters. The van der Waals surface area contributed by atoms with E-state index in [-0.39, 0.29) is 18.3 Å². The van der Waals surface area contributed by atoms with Gasteiger partial charge in [0.2, 0.25) is 0 Å². The first-order chi connectivity index (χ1) is 9.15. The van der Waals surface area contributed by atoms with Gasteiger partial charge in [-0.05, 0) is 42.8 Å². The second-order valence-corrected chi connectivity index (χ2v) is 3.96. The molecule has 5 heteroatoms. The van der Waals surface area contributed by atoms with Gasteiger partial charge in [0, 0.05) is 6.20 Å². The summed E-state index contributed by atoms with van der Waals surface area (Å²) in [7, 11) is 0. The largest absolute Gasteiger partial charge is 0.484 e. The van der Waals surface area contributed by atoms with E-state index in [1.807, 2.05) is 13.0 Å². The Morgan fingerprint density at radius 2 is 2.05 bits per heavy atom. The number of rotatable bonds is 4. The summed E-state index contributed by atoms with van der Waals surface area (Å²) in [4.78, 5) is 15.7. The molecule has 0 aliphatic heterocycles. The topological polar surface area (TPSA) is 51.2 Å². The first-order valence-electron chi connectivity index (χ1n) is 5.75. The van der Waals surface area contributed by atoms with Crippen LogP contribution in [0.1, 0.15) is 5.56 Å². The number of pyridine rings is 1. The zero-order chi connectivity index (χ0) is 13.7. The number of anilines is 1. The van der Waals surface area contributed by atoms with Gasteiger partial charge in [-0.25, -0.2) is 9.37 Å². The molecule has 0 radical (unpaired) electrons. The first kappa shape index (κ1) is 13.0. The van der Waals surface area contributed by atoms with E-state index in [9.17, 15) is 9.18 Å².